The fraction of sp³-hybridized carbons (Fsp3) is 0.500. The molecule has 1 saturated heterocycles. The summed E-state index contributed by atoms with van der Waals surface area (Å²) in [5.41, 5.74) is 0. The first-order chi connectivity index (χ1) is 12.6. The first kappa shape index (κ1) is 18.3. The van der Waals surface area contributed by atoms with Crippen LogP contribution in [0, 0.1) is 0 Å². The summed E-state index contributed by atoms with van der Waals surface area (Å²) in [4.78, 5) is 37.6. The molecule has 0 bridgehead atoms. The molecule has 1 aliphatic heterocycles. The Bertz CT molecular complexity index is 748. The van der Waals surface area contributed by atoms with Crippen LogP contribution in [0.4, 0.5) is 5.13 Å². The van der Waals surface area contributed by atoms with E-state index in [-0.39, 0.29) is 29.8 Å². The number of carbonyl (C=O) groups is 2. The number of ether oxygens (including phenoxy) is 2. The largest absolute Gasteiger partial charge is 0.462 e. The van der Waals surface area contributed by atoms with Crippen LogP contribution in [0.1, 0.15) is 33.6 Å². The summed E-state index contributed by atoms with van der Waals surface area (Å²) in [7, 11) is 1.62. The molecular weight excluding hydrogens is 358 g/mol. The molecule has 0 spiro atoms. The lowest BCUT2D eigenvalue weighted by Crippen LogP contribution is -2.55. The molecule has 2 atom stereocenters. The van der Waals surface area contributed by atoms with Crippen molar-refractivity contribution in [2.45, 2.75) is 25.5 Å². The maximum absolute atomic E-state index is 12.2. The van der Waals surface area contributed by atoms with Crippen LogP contribution in [0.3, 0.4) is 0 Å². The summed E-state index contributed by atoms with van der Waals surface area (Å²) in [5, 5.41) is 3.70. The fourth-order valence-corrected chi connectivity index (χ4v) is 3.67. The van der Waals surface area contributed by atoms with E-state index in [9.17, 15) is 9.59 Å². The van der Waals surface area contributed by atoms with E-state index in [2.05, 4.69) is 25.2 Å². The van der Waals surface area contributed by atoms with Gasteiger partial charge in [0.1, 0.15) is 4.88 Å². The first-order valence-electron chi connectivity index (χ1n) is 8.33. The van der Waals surface area contributed by atoms with Crippen molar-refractivity contribution in [1.29, 1.82) is 0 Å². The average Bonchev–Trinajstić information content (AvgIpc) is 3.34. The maximum atomic E-state index is 12.2. The van der Waals surface area contributed by atoms with Gasteiger partial charge < -0.3 is 24.7 Å². The number of hydrogen-bond acceptors (Lipinski definition) is 8. The molecule has 10 heteroatoms. The Balaban J connectivity index is 1.62. The molecule has 1 amide bonds. The van der Waals surface area contributed by atoms with Gasteiger partial charge >= 0.3 is 5.97 Å². The highest BCUT2D eigenvalue weighted by atomic mass is 32.1. The maximum Gasteiger partial charge on any atom is 0.350 e. The Morgan fingerprint density at radius 3 is 3.00 bits per heavy atom. The number of thiazole rings is 1. The standard InChI is InChI=1S/C16H21N5O4S/c1-3-25-15(23)12-8-19-16(26-12)21-7-4-10(11(9-21)24-2)20-14(22)13-17-5-6-18-13/h5-6,8,10-11H,3-4,7,9H2,1-2H3,(H,17,18)(H,20,22)/t10-,11+/m1/s1. The minimum absolute atomic E-state index is 0.127. The molecule has 140 valence electrons. The van der Waals surface area contributed by atoms with Crippen LogP contribution in [-0.4, -0.2) is 65.8 Å². The Morgan fingerprint density at radius 2 is 2.31 bits per heavy atom. The Labute approximate surface area is 154 Å². The third-order valence-electron chi connectivity index (χ3n) is 4.13. The number of carbonyl (C=O) groups excluding carboxylic acids is 2. The van der Waals surface area contributed by atoms with Gasteiger partial charge in [0.05, 0.1) is 24.9 Å². The van der Waals surface area contributed by atoms with Gasteiger partial charge in [0.15, 0.2) is 11.0 Å². The second-order valence-corrected chi connectivity index (χ2v) is 6.76. The minimum Gasteiger partial charge on any atom is -0.462 e. The molecule has 9 nitrogen and oxygen atoms in total. The molecule has 1 fully saturated rings. The molecule has 2 aromatic rings. The van der Waals surface area contributed by atoms with Crippen molar-refractivity contribution in [3.63, 3.8) is 0 Å². The van der Waals surface area contributed by atoms with Crippen LogP contribution in [0.15, 0.2) is 18.6 Å². The van der Waals surface area contributed by atoms with Gasteiger partial charge in [-0.15, -0.1) is 0 Å². The highest BCUT2D eigenvalue weighted by Crippen LogP contribution is 2.27. The smallest absolute Gasteiger partial charge is 0.350 e. The zero-order valence-corrected chi connectivity index (χ0v) is 15.4. The number of rotatable bonds is 6. The number of aromatic nitrogens is 3. The normalized spacial score (nSPS) is 20.0. The molecular formula is C16H21N5O4S. The molecule has 0 unspecified atom stereocenters. The Kier molecular flexibility index (Phi) is 5.84. The number of piperidine rings is 1. The molecule has 2 aromatic heterocycles. The lowest BCUT2D eigenvalue weighted by Gasteiger charge is -2.37. The molecule has 3 rings (SSSR count). The Morgan fingerprint density at radius 1 is 1.46 bits per heavy atom. The summed E-state index contributed by atoms with van der Waals surface area (Å²) in [6, 6.07) is -0.127. The zero-order chi connectivity index (χ0) is 18.5. The number of aromatic amines is 1. The van der Waals surface area contributed by atoms with E-state index in [0.717, 1.165) is 5.13 Å². The highest BCUT2D eigenvalue weighted by molar-refractivity contribution is 7.17. The van der Waals surface area contributed by atoms with Crippen LogP contribution in [0.5, 0.6) is 0 Å². The summed E-state index contributed by atoms with van der Waals surface area (Å²) in [6.45, 7) is 3.36. The summed E-state index contributed by atoms with van der Waals surface area (Å²) in [6.07, 6.45) is 5.17. The van der Waals surface area contributed by atoms with Crippen LogP contribution < -0.4 is 10.2 Å². The molecule has 0 saturated carbocycles. The van der Waals surface area contributed by atoms with Gasteiger partial charge in [-0.05, 0) is 13.3 Å². The average molecular weight is 379 g/mol. The molecule has 1 aliphatic rings. The highest BCUT2D eigenvalue weighted by Gasteiger charge is 2.32. The third-order valence-corrected chi connectivity index (χ3v) is 5.17. The lowest BCUT2D eigenvalue weighted by atomic mass is 10.0. The van der Waals surface area contributed by atoms with Crippen molar-refractivity contribution >= 4 is 28.3 Å². The number of nitrogens with one attached hydrogen (secondary N) is 2. The van der Waals surface area contributed by atoms with Gasteiger partial charge in [-0.1, -0.05) is 11.3 Å². The van der Waals surface area contributed by atoms with Crippen molar-refractivity contribution in [3.05, 3.63) is 29.3 Å². The topological polar surface area (TPSA) is 109 Å². The molecule has 0 radical (unpaired) electrons. The van der Waals surface area contributed by atoms with E-state index >= 15 is 0 Å². The second-order valence-electron chi connectivity index (χ2n) is 5.75. The predicted molar refractivity (Wildman–Crippen MR) is 95.5 cm³/mol. The number of H-pyrrole nitrogens is 1. The second kappa shape index (κ2) is 8.28. The number of methoxy groups -OCH3 is 1. The van der Waals surface area contributed by atoms with Crippen molar-refractivity contribution in [1.82, 2.24) is 20.3 Å². The quantitative estimate of drug-likeness (QED) is 0.723. The van der Waals surface area contributed by atoms with Crippen molar-refractivity contribution in [3.8, 4) is 0 Å². The molecule has 26 heavy (non-hydrogen) atoms. The summed E-state index contributed by atoms with van der Waals surface area (Å²) < 4.78 is 10.6. The van der Waals surface area contributed by atoms with Crippen LogP contribution >= 0.6 is 11.3 Å². The van der Waals surface area contributed by atoms with Crippen molar-refractivity contribution < 1.29 is 19.1 Å². The number of amides is 1. The van der Waals surface area contributed by atoms with Gasteiger partial charge in [-0.3, -0.25) is 4.79 Å². The number of nitrogens with zero attached hydrogens (tertiary/aromatic N) is 3. The minimum atomic E-state index is -0.361. The molecule has 2 N–H and O–H groups in total. The van der Waals surface area contributed by atoms with E-state index < -0.39 is 0 Å². The van der Waals surface area contributed by atoms with Crippen molar-refractivity contribution in [2.24, 2.45) is 0 Å². The SMILES string of the molecule is CCOC(=O)c1cnc(N2CC[C@@H](NC(=O)c3ncc[nH]3)[C@@H](OC)C2)s1. The van der Waals surface area contributed by atoms with Gasteiger partial charge in [0, 0.05) is 32.6 Å². The summed E-state index contributed by atoms with van der Waals surface area (Å²) >= 11 is 1.30. The van der Waals surface area contributed by atoms with Crippen molar-refractivity contribution in [2.75, 3.05) is 31.7 Å². The first-order valence-corrected chi connectivity index (χ1v) is 9.15. The number of hydrogen-bond donors (Lipinski definition) is 2. The van der Waals surface area contributed by atoms with Crippen LogP contribution in [-0.2, 0) is 9.47 Å². The predicted octanol–water partition coefficient (Wildman–Crippen LogP) is 1.07. The van der Waals surface area contributed by atoms with Crippen LogP contribution in [0.25, 0.3) is 0 Å². The lowest BCUT2D eigenvalue weighted by molar-refractivity contribution is 0.0530. The molecule has 0 aromatic carbocycles. The third kappa shape index (κ3) is 4.02. The van der Waals surface area contributed by atoms with Gasteiger partial charge in [-0.2, -0.15) is 0 Å². The van der Waals surface area contributed by atoms with E-state index in [0.29, 0.717) is 31.0 Å². The monoisotopic (exact) mass is 379 g/mol. The Hall–Kier alpha value is -2.46. The molecule has 0 aliphatic carbocycles. The number of esters is 1. The van der Waals surface area contributed by atoms with E-state index in [4.69, 9.17) is 9.47 Å². The number of anilines is 1. The van der Waals surface area contributed by atoms with E-state index in [1.165, 1.54) is 23.7 Å². The van der Waals surface area contributed by atoms with E-state index in [1.807, 2.05) is 0 Å². The number of imidazole rings is 1. The zero-order valence-electron chi connectivity index (χ0n) is 14.6. The summed E-state index contributed by atoms with van der Waals surface area (Å²) in [5.74, 6) is -0.337. The van der Waals surface area contributed by atoms with Gasteiger partial charge in [-0.25, -0.2) is 14.8 Å². The van der Waals surface area contributed by atoms with Gasteiger partial charge in [0.25, 0.3) is 5.91 Å². The van der Waals surface area contributed by atoms with E-state index in [1.54, 1.807) is 20.2 Å². The fourth-order valence-electron chi connectivity index (χ4n) is 2.83. The van der Waals surface area contributed by atoms with Gasteiger partial charge in [0.2, 0.25) is 0 Å². The molecule has 3 heterocycles. The van der Waals surface area contributed by atoms with Crippen LogP contribution in [0.2, 0.25) is 0 Å².